The molecule has 21 N–H and O–H groups in total. The van der Waals surface area contributed by atoms with E-state index in [-0.39, 0.29) is 62.2 Å². The molecule has 7 amide bonds. The molecule has 0 aliphatic heterocycles. The van der Waals surface area contributed by atoms with Gasteiger partial charge in [0.05, 0.1) is 19.2 Å². The van der Waals surface area contributed by atoms with Gasteiger partial charge >= 0.3 is 5.97 Å². The molecule has 0 fully saturated rings. The highest BCUT2D eigenvalue weighted by Gasteiger charge is 2.33. The van der Waals surface area contributed by atoms with Crippen molar-refractivity contribution in [1.29, 1.82) is 0 Å². The van der Waals surface area contributed by atoms with Gasteiger partial charge in [-0.2, -0.15) is 25.3 Å². The van der Waals surface area contributed by atoms with Gasteiger partial charge < -0.3 is 81.8 Å². The Morgan fingerprint density at radius 2 is 1.08 bits per heavy atom. The molecule has 0 aliphatic rings. The summed E-state index contributed by atoms with van der Waals surface area (Å²) in [6.07, 6.45) is 2.18. The summed E-state index contributed by atoms with van der Waals surface area (Å²) < 4.78 is 0. The van der Waals surface area contributed by atoms with Crippen molar-refractivity contribution in [2.45, 2.75) is 108 Å². The number of carboxylic acid groups (broad SMARTS) is 1. The molecule has 0 bridgehead atoms. The van der Waals surface area contributed by atoms with E-state index in [1.165, 1.54) is 0 Å². The molecule has 0 spiro atoms. The zero-order chi connectivity index (χ0) is 47.4. The van der Waals surface area contributed by atoms with E-state index in [1.54, 1.807) is 13.8 Å². The van der Waals surface area contributed by atoms with Crippen LogP contribution in [0.3, 0.4) is 0 Å². The van der Waals surface area contributed by atoms with Crippen LogP contribution in [0.5, 0.6) is 0 Å². The minimum atomic E-state index is -1.60. The summed E-state index contributed by atoms with van der Waals surface area (Å²) in [6.45, 7) is 2.35. The number of aliphatic hydroxyl groups excluding tert-OH is 1. The van der Waals surface area contributed by atoms with Crippen LogP contribution in [-0.4, -0.2) is 156 Å². The third kappa shape index (κ3) is 23.2. The number of aliphatic carboxylic acids is 1. The Hall–Kier alpha value is -5.12. The number of guanidine groups is 2. The normalized spacial score (nSPS) is 14.7. The summed E-state index contributed by atoms with van der Waals surface area (Å²) in [6, 6.07) is -9.01. The lowest BCUT2D eigenvalue weighted by Crippen LogP contribution is -2.59. The first-order valence-corrected chi connectivity index (χ1v) is 21.2. The molecular formula is C35H67N15O10S2. The smallest absolute Gasteiger partial charge is 0.327 e. The molecule has 27 heteroatoms. The Kier molecular flexibility index (Phi) is 29.1. The highest BCUT2D eigenvalue weighted by molar-refractivity contribution is 7.80. The SMILES string of the molecule is CC[C@H](C)[C@H](NC(=O)CNC(=O)[C@H](CCCN=C(N)N)NC(=O)[C@H](CO)NC(=O)[C@H](CS)NC(=O)[C@@H](N)CCCCN)C(=O)N[C@@H](CCCN=C(N)N)C(=O)N[C@@H](CS)C(=O)O. The van der Waals surface area contributed by atoms with E-state index in [1.807, 2.05) is 0 Å². The van der Waals surface area contributed by atoms with Gasteiger partial charge in [-0.3, -0.25) is 43.5 Å². The van der Waals surface area contributed by atoms with Crippen LogP contribution >= 0.6 is 25.3 Å². The molecule has 0 rings (SSSR count). The minimum absolute atomic E-state index is 0.0153. The third-order valence-electron chi connectivity index (χ3n) is 9.13. The maximum absolute atomic E-state index is 13.6. The van der Waals surface area contributed by atoms with Crippen LogP contribution in [0.4, 0.5) is 0 Å². The number of carbonyl (C=O) groups excluding carboxylic acids is 7. The minimum Gasteiger partial charge on any atom is -0.480 e. The summed E-state index contributed by atoms with van der Waals surface area (Å²) in [5.74, 6) is -8.54. The Morgan fingerprint density at radius 1 is 0.613 bits per heavy atom. The lowest BCUT2D eigenvalue weighted by molar-refractivity contribution is -0.141. The van der Waals surface area contributed by atoms with E-state index < -0.39 is 109 Å². The van der Waals surface area contributed by atoms with Crippen molar-refractivity contribution in [3.8, 4) is 0 Å². The Morgan fingerprint density at radius 3 is 1.56 bits per heavy atom. The zero-order valence-electron chi connectivity index (χ0n) is 35.1. The second-order valence-corrected chi connectivity index (χ2v) is 14.9. The summed E-state index contributed by atoms with van der Waals surface area (Å²) in [7, 11) is 0. The number of hydrogen-bond acceptors (Lipinski definition) is 15. The van der Waals surface area contributed by atoms with Crippen LogP contribution in [0.25, 0.3) is 0 Å². The number of aliphatic hydroxyl groups is 1. The Balaban J connectivity index is 5.98. The predicted octanol–water partition coefficient (Wildman–Crippen LogP) is -6.44. The first-order valence-electron chi connectivity index (χ1n) is 20.0. The van der Waals surface area contributed by atoms with E-state index in [0.29, 0.717) is 32.2 Å². The quantitative estimate of drug-likeness (QED) is 0.0129. The van der Waals surface area contributed by atoms with Crippen LogP contribution in [0.2, 0.25) is 0 Å². The van der Waals surface area contributed by atoms with Crippen molar-refractivity contribution in [2.24, 2.45) is 50.3 Å². The van der Waals surface area contributed by atoms with Gasteiger partial charge in [-0.15, -0.1) is 0 Å². The molecule has 0 aromatic heterocycles. The second-order valence-electron chi connectivity index (χ2n) is 14.1. The number of thiol groups is 2. The second kappa shape index (κ2) is 31.7. The number of rotatable bonds is 32. The van der Waals surface area contributed by atoms with Crippen molar-refractivity contribution in [3.63, 3.8) is 0 Å². The maximum Gasteiger partial charge on any atom is 0.327 e. The van der Waals surface area contributed by atoms with Crippen molar-refractivity contribution < 1.29 is 48.6 Å². The Bertz CT molecular complexity index is 1540. The summed E-state index contributed by atoms with van der Waals surface area (Å²) in [5.41, 5.74) is 32.9. The highest BCUT2D eigenvalue weighted by Crippen LogP contribution is 2.10. The molecule has 8 atom stereocenters. The van der Waals surface area contributed by atoms with Crippen molar-refractivity contribution >= 4 is 84.5 Å². The van der Waals surface area contributed by atoms with E-state index >= 15 is 0 Å². The molecule has 0 aliphatic carbocycles. The maximum atomic E-state index is 13.6. The fourth-order valence-corrected chi connectivity index (χ4v) is 5.84. The van der Waals surface area contributed by atoms with Crippen LogP contribution < -0.4 is 71.6 Å². The fraction of sp³-hybridized carbons (Fsp3) is 0.714. The summed E-state index contributed by atoms with van der Waals surface area (Å²) in [4.78, 5) is 111. The zero-order valence-corrected chi connectivity index (χ0v) is 36.9. The molecule has 0 saturated heterocycles. The van der Waals surface area contributed by atoms with Crippen LogP contribution in [0.1, 0.15) is 65.2 Å². The molecular weight excluding hydrogens is 855 g/mol. The number of amides is 7. The monoisotopic (exact) mass is 921 g/mol. The van der Waals surface area contributed by atoms with Crippen LogP contribution in [-0.2, 0) is 38.4 Å². The van der Waals surface area contributed by atoms with Gasteiger partial charge in [0.15, 0.2) is 11.9 Å². The van der Waals surface area contributed by atoms with Gasteiger partial charge in [-0.05, 0) is 51.0 Å². The standard InChI is InChI=1S/C35H67N15O10S2/c1-3-18(2)26(32(58)46-21(10-7-13-43-35(40)41)29(55)49-24(17-62)33(59)60)50-25(52)14-44-28(54)20(9-6-12-42-34(38)39)45-30(56)22(15-51)47-31(57)23(16-61)48-27(53)19(37)8-4-5-11-36/h18-24,26,51,61-62H,3-17,36-37H2,1-2H3,(H,44,54)(H,45,56)(H,46,58)(H,47,57)(H,48,53)(H,49,55)(H,50,52)(H,59,60)(H4,38,39,42)(H4,40,41,43)/t18-,19-,20-,21-,22-,23-,24-,26-/m0/s1. The first kappa shape index (κ1) is 56.9. The van der Waals surface area contributed by atoms with E-state index in [2.05, 4.69) is 72.5 Å². The third-order valence-corrected chi connectivity index (χ3v) is 9.86. The fourth-order valence-electron chi connectivity index (χ4n) is 5.33. The number of carbonyl (C=O) groups is 8. The topological polar surface area (TPSA) is 442 Å². The van der Waals surface area contributed by atoms with Gasteiger partial charge in [0, 0.05) is 24.6 Å². The molecule has 25 nitrogen and oxygen atoms in total. The van der Waals surface area contributed by atoms with Crippen molar-refractivity contribution in [2.75, 3.05) is 44.3 Å². The largest absolute Gasteiger partial charge is 0.480 e. The molecule has 62 heavy (non-hydrogen) atoms. The lowest BCUT2D eigenvalue weighted by Gasteiger charge is -2.27. The number of nitrogens with two attached hydrogens (primary N) is 6. The van der Waals surface area contributed by atoms with E-state index in [0.717, 1.165) is 0 Å². The average Bonchev–Trinajstić information content (AvgIpc) is 3.22. The molecule has 0 heterocycles. The van der Waals surface area contributed by atoms with Gasteiger partial charge in [-0.25, -0.2) is 4.79 Å². The first-order chi connectivity index (χ1) is 29.3. The van der Waals surface area contributed by atoms with Gasteiger partial charge in [0.2, 0.25) is 41.4 Å². The molecule has 0 aromatic rings. The summed E-state index contributed by atoms with van der Waals surface area (Å²) in [5, 5.41) is 36.4. The number of unbranched alkanes of at least 4 members (excludes halogenated alkanes) is 1. The molecule has 0 aromatic carbocycles. The number of nitrogens with one attached hydrogen (secondary N) is 7. The van der Waals surface area contributed by atoms with Crippen molar-refractivity contribution in [3.05, 3.63) is 0 Å². The average molecular weight is 922 g/mol. The van der Waals surface area contributed by atoms with Gasteiger partial charge in [0.1, 0.15) is 36.3 Å². The molecule has 0 saturated carbocycles. The van der Waals surface area contributed by atoms with Crippen LogP contribution in [0.15, 0.2) is 9.98 Å². The van der Waals surface area contributed by atoms with Gasteiger partial charge in [0.25, 0.3) is 0 Å². The molecule has 0 radical (unpaired) electrons. The summed E-state index contributed by atoms with van der Waals surface area (Å²) >= 11 is 8.05. The number of carboxylic acids is 1. The number of nitrogens with zero attached hydrogens (tertiary/aromatic N) is 2. The number of hydrogen-bond donors (Lipinski definition) is 17. The van der Waals surface area contributed by atoms with E-state index in [4.69, 9.17) is 34.4 Å². The highest BCUT2D eigenvalue weighted by atomic mass is 32.1. The molecule has 354 valence electrons. The van der Waals surface area contributed by atoms with Crippen LogP contribution in [0, 0.1) is 5.92 Å². The van der Waals surface area contributed by atoms with Gasteiger partial charge in [-0.1, -0.05) is 26.7 Å². The molecule has 0 unspecified atom stereocenters. The number of aliphatic imine (C=N–C) groups is 2. The Labute approximate surface area is 371 Å². The van der Waals surface area contributed by atoms with Crippen molar-refractivity contribution in [1.82, 2.24) is 37.2 Å². The lowest BCUT2D eigenvalue weighted by atomic mass is 9.97. The predicted molar refractivity (Wildman–Crippen MR) is 237 cm³/mol. The van der Waals surface area contributed by atoms with E-state index in [9.17, 15) is 48.6 Å².